The number of ether oxygens (including phenoxy) is 1. The van der Waals surface area contributed by atoms with Gasteiger partial charge in [0.05, 0.1) is 15.6 Å². The summed E-state index contributed by atoms with van der Waals surface area (Å²) in [6.07, 6.45) is 0. The average molecular weight is 435 g/mol. The lowest BCUT2D eigenvalue weighted by Crippen LogP contribution is -2.20. The van der Waals surface area contributed by atoms with Crippen molar-refractivity contribution in [1.82, 2.24) is 0 Å². The van der Waals surface area contributed by atoms with Gasteiger partial charge in [-0.1, -0.05) is 23.7 Å². The number of amides is 1. The van der Waals surface area contributed by atoms with Gasteiger partial charge in [-0.15, -0.1) is 0 Å². The lowest BCUT2D eigenvalue weighted by Gasteiger charge is -2.11. The molecule has 0 bridgehead atoms. The maximum absolute atomic E-state index is 12.8. The molecule has 0 aliphatic heterocycles. The van der Waals surface area contributed by atoms with Crippen LogP contribution in [0.3, 0.4) is 0 Å². The van der Waals surface area contributed by atoms with Gasteiger partial charge in [-0.05, 0) is 60.7 Å². The van der Waals surface area contributed by atoms with Gasteiger partial charge < -0.3 is 10.1 Å². The van der Waals surface area contributed by atoms with Crippen molar-refractivity contribution in [3.05, 3.63) is 83.6 Å². The minimum Gasteiger partial charge on any atom is -0.484 e. The third-order valence-electron chi connectivity index (χ3n) is 3.75. The lowest BCUT2D eigenvalue weighted by atomic mass is 10.3. The van der Waals surface area contributed by atoms with Crippen LogP contribution in [-0.4, -0.2) is 20.9 Å². The standard InChI is InChI=1S/C20H16ClFN2O4S/c21-18-3-1-2-4-19(18)24-29(26,27)17-11-7-15(8-12-17)23-20(25)13-28-16-9-5-14(22)6-10-16/h1-12,24H,13H2,(H,23,25). The summed E-state index contributed by atoms with van der Waals surface area (Å²) in [6, 6.07) is 17.4. The molecule has 3 aromatic carbocycles. The third-order valence-corrected chi connectivity index (χ3v) is 5.46. The van der Waals surface area contributed by atoms with Crippen LogP contribution in [0.5, 0.6) is 5.75 Å². The van der Waals surface area contributed by atoms with Crippen LogP contribution in [0.4, 0.5) is 15.8 Å². The van der Waals surface area contributed by atoms with Gasteiger partial charge in [0.1, 0.15) is 11.6 Å². The zero-order valence-electron chi connectivity index (χ0n) is 14.9. The van der Waals surface area contributed by atoms with Crippen LogP contribution >= 0.6 is 11.6 Å². The zero-order valence-corrected chi connectivity index (χ0v) is 16.5. The molecule has 0 fully saturated rings. The molecule has 0 radical (unpaired) electrons. The second-order valence-corrected chi connectivity index (χ2v) is 7.99. The largest absolute Gasteiger partial charge is 0.484 e. The van der Waals surface area contributed by atoms with E-state index in [1.165, 1.54) is 48.5 Å². The zero-order chi connectivity index (χ0) is 20.9. The van der Waals surface area contributed by atoms with Crippen LogP contribution in [0.1, 0.15) is 0 Å². The second-order valence-electron chi connectivity index (χ2n) is 5.90. The molecule has 2 N–H and O–H groups in total. The van der Waals surface area contributed by atoms with E-state index in [0.29, 0.717) is 11.4 Å². The van der Waals surface area contributed by atoms with Crippen LogP contribution in [0.2, 0.25) is 5.02 Å². The molecule has 0 saturated heterocycles. The molecule has 0 spiro atoms. The molecule has 0 aliphatic rings. The predicted octanol–water partition coefficient (Wildman–Crippen LogP) is 4.30. The van der Waals surface area contributed by atoms with E-state index in [0.717, 1.165) is 0 Å². The molecule has 3 rings (SSSR count). The van der Waals surface area contributed by atoms with Gasteiger partial charge >= 0.3 is 0 Å². The number of para-hydroxylation sites is 1. The highest BCUT2D eigenvalue weighted by Gasteiger charge is 2.15. The third kappa shape index (κ3) is 5.69. The summed E-state index contributed by atoms with van der Waals surface area (Å²) in [5.74, 6) is -0.492. The normalized spacial score (nSPS) is 11.0. The fourth-order valence-corrected chi connectivity index (χ4v) is 3.66. The van der Waals surface area contributed by atoms with Crippen molar-refractivity contribution in [3.63, 3.8) is 0 Å². The molecule has 0 aromatic heterocycles. The molecule has 6 nitrogen and oxygen atoms in total. The van der Waals surface area contributed by atoms with Gasteiger partial charge in [0.2, 0.25) is 0 Å². The Kier molecular flexibility index (Phi) is 6.36. The molecule has 0 atom stereocenters. The Labute approximate surface area is 172 Å². The molecule has 0 heterocycles. The van der Waals surface area contributed by atoms with Crippen LogP contribution in [0, 0.1) is 5.82 Å². The van der Waals surface area contributed by atoms with E-state index in [1.54, 1.807) is 24.3 Å². The average Bonchev–Trinajstić information content (AvgIpc) is 2.70. The summed E-state index contributed by atoms with van der Waals surface area (Å²) in [6.45, 7) is -0.278. The first-order chi connectivity index (χ1) is 13.8. The smallest absolute Gasteiger partial charge is 0.262 e. The van der Waals surface area contributed by atoms with Gasteiger partial charge in [-0.25, -0.2) is 12.8 Å². The van der Waals surface area contributed by atoms with E-state index in [1.807, 2.05) is 0 Å². The van der Waals surface area contributed by atoms with Crippen molar-refractivity contribution in [3.8, 4) is 5.75 Å². The number of anilines is 2. The van der Waals surface area contributed by atoms with E-state index in [-0.39, 0.29) is 22.2 Å². The van der Waals surface area contributed by atoms with E-state index < -0.39 is 21.7 Å². The van der Waals surface area contributed by atoms with Gasteiger partial charge in [-0.2, -0.15) is 0 Å². The quantitative estimate of drug-likeness (QED) is 0.580. The molecule has 1 amide bonds. The first-order valence-corrected chi connectivity index (χ1v) is 10.3. The van der Waals surface area contributed by atoms with Crippen molar-refractivity contribution in [2.75, 3.05) is 16.6 Å². The number of hydrogen-bond acceptors (Lipinski definition) is 4. The van der Waals surface area contributed by atoms with Crippen LogP contribution in [0.25, 0.3) is 0 Å². The minimum atomic E-state index is -3.83. The molecular formula is C20H16ClFN2O4S. The number of benzene rings is 3. The van der Waals surface area contributed by atoms with Crippen molar-refractivity contribution >= 4 is 38.9 Å². The summed E-state index contributed by atoms with van der Waals surface area (Å²) in [5, 5.41) is 2.87. The molecular weight excluding hydrogens is 419 g/mol. The molecule has 0 saturated carbocycles. The Morgan fingerprint density at radius 2 is 1.62 bits per heavy atom. The maximum atomic E-state index is 12.8. The van der Waals surface area contributed by atoms with E-state index in [9.17, 15) is 17.6 Å². The molecule has 0 unspecified atom stereocenters. The highest BCUT2D eigenvalue weighted by molar-refractivity contribution is 7.92. The van der Waals surface area contributed by atoms with Gasteiger partial charge in [0.15, 0.2) is 6.61 Å². The number of nitrogens with one attached hydrogen (secondary N) is 2. The highest BCUT2D eigenvalue weighted by Crippen LogP contribution is 2.24. The molecule has 3 aromatic rings. The van der Waals surface area contributed by atoms with Gasteiger partial charge in [-0.3, -0.25) is 9.52 Å². The Morgan fingerprint density at radius 3 is 2.28 bits per heavy atom. The molecule has 9 heteroatoms. The Bertz CT molecular complexity index is 1100. The lowest BCUT2D eigenvalue weighted by molar-refractivity contribution is -0.118. The van der Waals surface area contributed by atoms with Crippen LogP contribution < -0.4 is 14.8 Å². The van der Waals surface area contributed by atoms with Crippen molar-refractivity contribution < 1.29 is 22.3 Å². The summed E-state index contributed by atoms with van der Waals surface area (Å²) in [4.78, 5) is 12.0. The fraction of sp³-hybridized carbons (Fsp3) is 0.0500. The molecule has 150 valence electrons. The fourth-order valence-electron chi connectivity index (χ4n) is 2.34. The number of halogens is 2. The van der Waals surface area contributed by atoms with Crippen molar-refractivity contribution in [2.45, 2.75) is 4.90 Å². The van der Waals surface area contributed by atoms with Crippen molar-refractivity contribution in [2.24, 2.45) is 0 Å². The predicted molar refractivity (Wildman–Crippen MR) is 109 cm³/mol. The molecule has 0 aliphatic carbocycles. The molecule has 29 heavy (non-hydrogen) atoms. The Hall–Kier alpha value is -3.10. The SMILES string of the molecule is O=C(COc1ccc(F)cc1)Nc1ccc(S(=O)(=O)Nc2ccccc2Cl)cc1. The van der Waals surface area contributed by atoms with Crippen molar-refractivity contribution in [1.29, 1.82) is 0 Å². The summed E-state index contributed by atoms with van der Waals surface area (Å²) >= 11 is 5.98. The van der Waals surface area contributed by atoms with Gasteiger partial charge in [0, 0.05) is 5.69 Å². The number of carbonyl (C=O) groups excluding carboxylic acids is 1. The van der Waals surface area contributed by atoms with E-state index >= 15 is 0 Å². The Balaban J connectivity index is 1.59. The summed E-state index contributed by atoms with van der Waals surface area (Å²) < 4.78 is 45.4. The second kappa shape index (κ2) is 8.93. The Morgan fingerprint density at radius 1 is 0.966 bits per heavy atom. The highest BCUT2D eigenvalue weighted by atomic mass is 35.5. The van der Waals surface area contributed by atoms with Crippen LogP contribution in [0.15, 0.2) is 77.7 Å². The van der Waals surface area contributed by atoms with E-state index in [4.69, 9.17) is 16.3 Å². The van der Waals surface area contributed by atoms with E-state index in [2.05, 4.69) is 10.0 Å². The monoisotopic (exact) mass is 434 g/mol. The van der Waals surface area contributed by atoms with Gasteiger partial charge in [0.25, 0.3) is 15.9 Å². The number of hydrogen-bond donors (Lipinski definition) is 2. The van der Waals surface area contributed by atoms with Crippen LogP contribution in [-0.2, 0) is 14.8 Å². The topological polar surface area (TPSA) is 84.5 Å². The number of rotatable bonds is 7. The maximum Gasteiger partial charge on any atom is 0.262 e. The first kappa shape index (κ1) is 20.6. The summed E-state index contributed by atoms with van der Waals surface area (Å²) in [5.41, 5.74) is 0.666. The number of carbonyl (C=O) groups is 1. The minimum absolute atomic E-state index is 0.0120. The summed E-state index contributed by atoms with van der Waals surface area (Å²) in [7, 11) is -3.83. The first-order valence-electron chi connectivity index (χ1n) is 8.39. The number of sulfonamides is 1.